The van der Waals surface area contributed by atoms with Gasteiger partial charge in [-0.25, -0.2) is 0 Å². The second-order valence-corrected chi connectivity index (χ2v) is 7.70. The van der Waals surface area contributed by atoms with E-state index < -0.39 is 0 Å². The number of rotatable bonds is 7. The van der Waals surface area contributed by atoms with Crippen LogP contribution in [0, 0.1) is 13.8 Å². The van der Waals surface area contributed by atoms with Gasteiger partial charge in [0.2, 0.25) is 5.91 Å². The van der Waals surface area contributed by atoms with Crippen molar-refractivity contribution in [2.45, 2.75) is 45.6 Å². The van der Waals surface area contributed by atoms with Gasteiger partial charge in [0, 0.05) is 31.1 Å². The number of benzene rings is 2. The highest BCUT2D eigenvalue weighted by atomic mass is 16.5. The van der Waals surface area contributed by atoms with Crippen LogP contribution >= 0.6 is 0 Å². The molecule has 0 spiro atoms. The van der Waals surface area contributed by atoms with E-state index in [-0.39, 0.29) is 17.9 Å². The molecule has 0 aromatic heterocycles. The summed E-state index contributed by atoms with van der Waals surface area (Å²) in [5, 5.41) is 3.10. The highest BCUT2D eigenvalue weighted by Gasteiger charge is 2.24. The molecular formula is C24H30N2O3. The first-order valence-electron chi connectivity index (χ1n) is 10.4. The molecule has 154 valence electrons. The van der Waals surface area contributed by atoms with Gasteiger partial charge in [0.05, 0.1) is 6.61 Å². The Kier molecular flexibility index (Phi) is 7.28. The molecule has 2 amide bonds. The van der Waals surface area contributed by atoms with E-state index in [0.717, 1.165) is 29.7 Å². The quantitative estimate of drug-likeness (QED) is 0.725. The first kappa shape index (κ1) is 20.9. The molecule has 0 radical (unpaired) electrons. The number of carbonyl (C=O) groups is 2. The molecular weight excluding hydrogens is 364 g/mol. The number of carbonyl (C=O) groups excluding carboxylic acids is 2. The third-order valence-corrected chi connectivity index (χ3v) is 5.46. The predicted octanol–water partition coefficient (Wildman–Crippen LogP) is 3.88. The first-order chi connectivity index (χ1) is 14.0. The average molecular weight is 395 g/mol. The molecule has 2 aromatic carbocycles. The summed E-state index contributed by atoms with van der Waals surface area (Å²) in [6, 6.07) is 15.6. The van der Waals surface area contributed by atoms with E-state index in [4.69, 9.17) is 4.74 Å². The van der Waals surface area contributed by atoms with Crippen molar-refractivity contribution in [2.75, 3.05) is 19.7 Å². The highest BCUT2D eigenvalue weighted by Crippen LogP contribution is 2.17. The summed E-state index contributed by atoms with van der Waals surface area (Å²) in [7, 11) is 0. The van der Waals surface area contributed by atoms with Crippen LogP contribution in [0.2, 0.25) is 0 Å². The van der Waals surface area contributed by atoms with Crippen LogP contribution < -0.4 is 10.1 Å². The predicted molar refractivity (Wildman–Crippen MR) is 114 cm³/mol. The number of hydrogen-bond donors (Lipinski definition) is 1. The summed E-state index contributed by atoms with van der Waals surface area (Å²) in [6.07, 6.45) is 2.73. The lowest BCUT2D eigenvalue weighted by Crippen LogP contribution is -2.46. The SMILES string of the molecule is Cc1ccc(C(=O)N2CCC(NC(=O)CCCOc3ccccc3)CC2)cc1C. The zero-order chi connectivity index (χ0) is 20.6. The minimum atomic E-state index is 0.0561. The summed E-state index contributed by atoms with van der Waals surface area (Å²) in [6.45, 7) is 5.95. The fourth-order valence-corrected chi connectivity index (χ4v) is 3.52. The lowest BCUT2D eigenvalue weighted by Gasteiger charge is -2.32. The fraction of sp³-hybridized carbons (Fsp3) is 0.417. The Morgan fingerprint density at radius 3 is 2.45 bits per heavy atom. The molecule has 1 aliphatic rings. The Morgan fingerprint density at radius 2 is 1.76 bits per heavy atom. The van der Waals surface area contributed by atoms with Gasteiger partial charge in [0.1, 0.15) is 5.75 Å². The molecule has 5 nitrogen and oxygen atoms in total. The highest BCUT2D eigenvalue weighted by molar-refractivity contribution is 5.94. The number of piperidine rings is 1. The van der Waals surface area contributed by atoms with E-state index in [0.29, 0.717) is 32.5 Å². The minimum absolute atomic E-state index is 0.0561. The molecule has 1 N–H and O–H groups in total. The van der Waals surface area contributed by atoms with Crippen molar-refractivity contribution >= 4 is 11.8 Å². The van der Waals surface area contributed by atoms with Crippen molar-refractivity contribution in [3.8, 4) is 5.75 Å². The van der Waals surface area contributed by atoms with E-state index in [1.807, 2.05) is 67.3 Å². The van der Waals surface area contributed by atoms with E-state index in [1.165, 1.54) is 5.56 Å². The zero-order valence-electron chi connectivity index (χ0n) is 17.3. The Morgan fingerprint density at radius 1 is 1.03 bits per heavy atom. The standard InChI is InChI=1S/C24H30N2O3/c1-18-10-11-20(17-19(18)2)24(28)26-14-12-21(13-15-26)25-23(27)9-6-16-29-22-7-4-3-5-8-22/h3-5,7-8,10-11,17,21H,6,9,12-16H2,1-2H3,(H,25,27). The van der Waals surface area contributed by atoms with Crippen LogP contribution in [0.15, 0.2) is 48.5 Å². The molecule has 2 aromatic rings. The molecule has 29 heavy (non-hydrogen) atoms. The van der Waals surface area contributed by atoms with Gasteiger partial charge in [-0.1, -0.05) is 24.3 Å². The molecule has 0 bridgehead atoms. The van der Waals surface area contributed by atoms with Crippen molar-refractivity contribution in [3.63, 3.8) is 0 Å². The van der Waals surface area contributed by atoms with Crippen molar-refractivity contribution in [1.82, 2.24) is 10.2 Å². The smallest absolute Gasteiger partial charge is 0.253 e. The number of nitrogens with one attached hydrogen (secondary N) is 1. The number of aryl methyl sites for hydroxylation is 2. The normalized spacial score (nSPS) is 14.5. The molecule has 3 rings (SSSR count). The van der Waals surface area contributed by atoms with Gasteiger partial charge in [-0.3, -0.25) is 9.59 Å². The first-order valence-corrected chi connectivity index (χ1v) is 10.4. The van der Waals surface area contributed by atoms with E-state index in [9.17, 15) is 9.59 Å². The van der Waals surface area contributed by atoms with Crippen molar-refractivity contribution in [3.05, 3.63) is 65.2 Å². The Bertz CT molecular complexity index is 827. The lowest BCUT2D eigenvalue weighted by atomic mass is 10.0. The Hall–Kier alpha value is -2.82. The third-order valence-electron chi connectivity index (χ3n) is 5.46. The van der Waals surface area contributed by atoms with Gasteiger partial charge in [-0.15, -0.1) is 0 Å². The second kappa shape index (κ2) is 10.1. The third kappa shape index (κ3) is 6.08. The Balaban J connectivity index is 1.36. The molecule has 5 heteroatoms. The summed E-state index contributed by atoms with van der Waals surface area (Å²) in [4.78, 5) is 26.8. The summed E-state index contributed by atoms with van der Waals surface area (Å²) in [5.41, 5.74) is 3.07. The maximum Gasteiger partial charge on any atom is 0.253 e. The van der Waals surface area contributed by atoms with E-state index in [1.54, 1.807) is 0 Å². The summed E-state index contributed by atoms with van der Waals surface area (Å²) < 4.78 is 5.62. The average Bonchev–Trinajstić information content (AvgIpc) is 2.74. The number of para-hydroxylation sites is 1. The van der Waals surface area contributed by atoms with Crippen molar-refractivity contribution < 1.29 is 14.3 Å². The van der Waals surface area contributed by atoms with Crippen LogP contribution in [0.4, 0.5) is 0 Å². The zero-order valence-corrected chi connectivity index (χ0v) is 17.3. The summed E-state index contributed by atoms with van der Waals surface area (Å²) >= 11 is 0. The number of ether oxygens (including phenoxy) is 1. The van der Waals surface area contributed by atoms with Gasteiger partial charge < -0.3 is 15.0 Å². The fourth-order valence-electron chi connectivity index (χ4n) is 3.52. The number of likely N-dealkylation sites (tertiary alicyclic amines) is 1. The van der Waals surface area contributed by atoms with Gasteiger partial charge in [0.25, 0.3) is 5.91 Å². The monoisotopic (exact) mass is 394 g/mol. The van der Waals surface area contributed by atoms with Crippen molar-refractivity contribution in [2.24, 2.45) is 0 Å². The van der Waals surface area contributed by atoms with Crippen LogP contribution in [-0.4, -0.2) is 42.5 Å². The van der Waals surface area contributed by atoms with Crippen LogP contribution in [0.5, 0.6) is 5.75 Å². The maximum atomic E-state index is 12.7. The van der Waals surface area contributed by atoms with Gasteiger partial charge in [-0.05, 0) is 68.5 Å². The molecule has 0 atom stereocenters. The van der Waals surface area contributed by atoms with Gasteiger partial charge in [-0.2, -0.15) is 0 Å². The number of hydrogen-bond acceptors (Lipinski definition) is 3. The number of nitrogens with zero attached hydrogens (tertiary/aromatic N) is 1. The Labute approximate surface area is 173 Å². The van der Waals surface area contributed by atoms with Crippen LogP contribution in [0.25, 0.3) is 0 Å². The second-order valence-electron chi connectivity index (χ2n) is 7.70. The summed E-state index contributed by atoms with van der Waals surface area (Å²) in [5.74, 6) is 0.963. The molecule has 0 saturated carbocycles. The molecule has 1 saturated heterocycles. The maximum absolute atomic E-state index is 12.7. The van der Waals surface area contributed by atoms with Crippen LogP contribution in [0.1, 0.15) is 47.2 Å². The van der Waals surface area contributed by atoms with Gasteiger partial charge in [0.15, 0.2) is 0 Å². The minimum Gasteiger partial charge on any atom is -0.494 e. The van der Waals surface area contributed by atoms with Gasteiger partial charge >= 0.3 is 0 Å². The molecule has 1 aliphatic heterocycles. The van der Waals surface area contributed by atoms with Crippen LogP contribution in [0.3, 0.4) is 0 Å². The molecule has 0 unspecified atom stereocenters. The topological polar surface area (TPSA) is 58.6 Å². The van der Waals surface area contributed by atoms with Crippen LogP contribution in [-0.2, 0) is 4.79 Å². The number of amides is 2. The lowest BCUT2D eigenvalue weighted by molar-refractivity contribution is -0.122. The van der Waals surface area contributed by atoms with E-state index >= 15 is 0 Å². The molecule has 0 aliphatic carbocycles. The molecule has 1 heterocycles. The largest absolute Gasteiger partial charge is 0.494 e. The molecule has 1 fully saturated rings. The van der Waals surface area contributed by atoms with E-state index in [2.05, 4.69) is 5.32 Å². The van der Waals surface area contributed by atoms with Crippen molar-refractivity contribution in [1.29, 1.82) is 0 Å².